The number of nitrogens with zero attached hydrogens (tertiary/aromatic N) is 1. The Morgan fingerprint density at radius 1 is 1.00 bits per heavy atom. The lowest BCUT2D eigenvalue weighted by molar-refractivity contribution is -0.125. The molecule has 0 aromatic heterocycles. The number of carbonyl (C=O) groups is 1. The van der Waals surface area contributed by atoms with Gasteiger partial charge in [0.25, 0.3) is 5.91 Å². The third-order valence-electron chi connectivity index (χ3n) is 4.31. The van der Waals surface area contributed by atoms with Gasteiger partial charge in [0.2, 0.25) is 11.9 Å². The van der Waals surface area contributed by atoms with Crippen LogP contribution < -0.4 is 24.3 Å². The Morgan fingerprint density at radius 2 is 1.64 bits per heavy atom. The van der Waals surface area contributed by atoms with Gasteiger partial charge in [-0.2, -0.15) is 0 Å². The highest BCUT2D eigenvalue weighted by Gasteiger charge is 2.30. The highest BCUT2D eigenvalue weighted by Crippen LogP contribution is 2.40. The number of carbonyl (C=O) groups excluding carboxylic acids is 1. The van der Waals surface area contributed by atoms with E-state index in [9.17, 15) is 4.79 Å². The van der Waals surface area contributed by atoms with Crippen molar-refractivity contribution in [2.75, 3.05) is 33.8 Å². The maximum atomic E-state index is 12.6. The molecule has 1 heterocycles. The molecule has 1 aliphatic rings. The Morgan fingerprint density at radius 3 is 2.25 bits per heavy atom. The van der Waals surface area contributed by atoms with E-state index in [-0.39, 0.29) is 5.91 Å². The summed E-state index contributed by atoms with van der Waals surface area (Å²) < 4.78 is 21.2. The van der Waals surface area contributed by atoms with Crippen LogP contribution in [0.5, 0.6) is 23.0 Å². The fourth-order valence-electron chi connectivity index (χ4n) is 2.94. The summed E-state index contributed by atoms with van der Waals surface area (Å²) in [6.07, 6.45) is -0.421. The second kappa shape index (κ2) is 8.51. The van der Waals surface area contributed by atoms with E-state index in [0.29, 0.717) is 40.8 Å². The minimum atomic E-state index is -0.751. The monoisotopic (exact) mass is 386 g/mol. The average Bonchev–Trinajstić information content (AvgIpc) is 3.23. The van der Waals surface area contributed by atoms with Gasteiger partial charge in [-0.15, -0.1) is 0 Å². The van der Waals surface area contributed by atoms with E-state index in [0.717, 1.165) is 5.56 Å². The molecule has 8 heteroatoms. The van der Waals surface area contributed by atoms with Crippen LogP contribution in [0.25, 0.3) is 0 Å². The lowest BCUT2D eigenvalue weighted by atomic mass is 10.0. The van der Waals surface area contributed by atoms with Gasteiger partial charge in [-0.3, -0.25) is 4.79 Å². The summed E-state index contributed by atoms with van der Waals surface area (Å²) in [5.41, 5.74) is 1.95. The molecule has 2 aromatic rings. The third-order valence-corrected chi connectivity index (χ3v) is 4.31. The van der Waals surface area contributed by atoms with Gasteiger partial charge in [-0.05, 0) is 12.1 Å². The van der Waals surface area contributed by atoms with Gasteiger partial charge in [0.1, 0.15) is 5.75 Å². The number of nitrogens with one attached hydrogen (secondary N) is 1. The second-order valence-electron chi connectivity index (χ2n) is 5.94. The summed E-state index contributed by atoms with van der Waals surface area (Å²) in [5, 5.41) is 6.86. The summed E-state index contributed by atoms with van der Waals surface area (Å²) in [7, 11) is 6.12. The molecule has 3 rings (SSSR count). The largest absolute Gasteiger partial charge is 0.496 e. The molecule has 0 saturated carbocycles. The maximum absolute atomic E-state index is 12.6. The molecule has 148 valence electrons. The number of methoxy groups -OCH3 is 4. The zero-order valence-electron chi connectivity index (χ0n) is 16.1. The first-order valence-corrected chi connectivity index (χ1v) is 8.58. The molecule has 0 saturated heterocycles. The molecule has 0 fully saturated rings. The quantitative estimate of drug-likeness (QED) is 0.787. The van der Waals surface area contributed by atoms with Gasteiger partial charge in [0.15, 0.2) is 11.5 Å². The van der Waals surface area contributed by atoms with Crippen molar-refractivity contribution >= 4 is 17.3 Å². The number of anilines is 1. The van der Waals surface area contributed by atoms with E-state index >= 15 is 0 Å². The van der Waals surface area contributed by atoms with Crippen molar-refractivity contribution in [1.29, 1.82) is 0 Å². The van der Waals surface area contributed by atoms with Crippen LogP contribution in [0.2, 0.25) is 0 Å². The molecule has 0 bridgehead atoms. The van der Waals surface area contributed by atoms with Crippen molar-refractivity contribution in [3.63, 3.8) is 0 Å². The molecule has 1 atom stereocenters. The van der Waals surface area contributed by atoms with Crippen LogP contribution in [-0.2, 0) is 9.63 Å². The molecule has 8 nitrogen and oxygen atoms in total. The summed E-state index contributed by atoms with van der Waals surface area (Å²) in [5.74, 6) is 1.67. The van der Waals surface area contributed by atoms with Crippen LogP contribution in [0.15, 0.2) is 41.6 Å². The Bertz CT molecular complexity index is 871. The highest BCUT2D eigenvalue weighted by molar-refractivity contribution is 6.07. The minimum Gasteiger partial charge on any atom is -0.496 e. The first kappa shape index (κ1) is 19.3. The van der Waals surface area contributed by atoms with Crippen LogP contribution in [0.4, 0.5) is 5.69 Å². The lowest BCUT2D eigenvalue weighted by Crippen LogP contribution is -2.28. The zero-order valence-corrected chi connectivity index (χ0v) is 16.1. The van der Waals surface area contributed by atoms with Crippen molar-refractivity contribution < 1.29 is 28.6 Å². The number of oxime groups is 1. The highest BCUT2D eigenvalue weighted by atomic mass is 16.6. The molecule has 0 unspecified atom stereocenters. The number of para-hydroxylation sites is 1. The van der Waals surface area contributed by atoms with E-state index < -0.39 is 6.10 Å². The standard InChI is InChI=1S/C20H22N2O6/c1-24-15-8-6-5-7-13(15)14-11-18(28-22-14)20(23)21-12-9-16(25-2)19(27-4)17(10-12)26-3/h5-10,18H,11H2,1-4H3,(H,21,23)/t18-/m1/s1. The minimum absolute atomic E-state index is 0.330. The zero-order chi connectivity index (χ0) is 20.1. The van der Waals surface area contributed by atoms with E-state index in [1.165, 1.54) is 21.3 Å². The molecule has 1 N–H and O–H groups in total. The van der Waals surface area contributed by atoms with Crippen molar-refractivity contribution in [1.82, 2.24) is 0 Å². The van der Waals surface area contributed by atoms with Gasteiger partial charge in [-0.1, -0.05) is 17.3 Å². The van der Waals surface area contributed by atoms with E-state index in [1.54, 1.807) is 19.2 Å². The first-order chi connectivity index (χ1) is 13.6. The summed E-state index contributed by atoms with van der Waals surface area (Å²) in [6.45, 7) is 0. The number of hydrogen-bond acceptors (Lipinski definition) is 7. The number of rotatable bonds is 7. The Hall–Kier alpha value is -3.42. The summed E-state index contributed by atoms with van der Waals surface area (Å²) in [4.78, 5) is 18.0. The summed E-state index contributed by atoms with van der Waals surface area (Å²) in [6, 6.07) is 10.8. The van der Waals surface area contributed by atoms with Crippen LogP contribution in [0, 0.1) is 0 Å². The Balaban J connectivity index is 1.73. The summed E-state index contributed by atoms with van der Waals surface area (Å²) >= 11 is 0. The molecular weight excluding hydrogens is 364 g/mol. The molecule has 0 spiro atoms. The van der Waals surface area contributed by atoms with Gasteiger partial charge in [0.05, 0.1) is 34.2 Å². The number of hydrogen-bond donors (Lipinski definition) is 1. The van der Waals surface area contributed by atoms with Crippen molar-refractivity contribution in [2.45, 2.75) is 12.5 Å². The maximum Gasteiger partial charge on any atom is 0.268 e. The fraction of sp³-hybridized carbons (Fsp3) is 0.300. The van der Waals surface area contributed by atoms with Gasteiger partial charge >= 0.3 is 0 Å². The van der Waals surface area contributed by atoms with Gasteiger partial charge in [0, 0.05) is 29.8 Å². The second-order valence-corrected chi connectivity index (χ2v) is 5.94. The van der Waals surface area contributed by atoms with Crippen LogP contribution in [0.3, 0.4) is 0 Å². The Labute approximate surface area is 163 Å². The van der Waals surface area contributed by atoms with Crippen molar-refractivity contribution in [2.24, 2.45) is 5.16 Å². The SMILES string of the molecule is COc1ccccc1C1=NO[C@@H](C(=O)Nc2cc(OC)c(OC)c(OC)c2)C1. The topological polar surface area (TPSA) is 87.6 Å². The van der Waals surface area contributed by atoms with Crippen LogP contribution in [-0.4, -0.2) is 46.2 Å². The molecular formula is C20H22N2O6. The van der Waals surface area contributed by atoms with Gasteiger partial charge < -0.3 is 29.1 Å². The van der Waals surface area contributed by atoms with E-state index in [2.05, 4.69) is 10.5 Å². The van der Waals surface area contributed by atoms with Crippen LogP contribution >= 0.6 is 0 Å². The van der Waals surface area contributed by atoms with E-state index in [1.807, 2.05) is 24.3 Å². The number of benzene rings is 2. The predicted octanol–water partition coefficient (Wildman–Crippen LogP) is 2.85. The molecule has 1 aliphatic heterocycles. The molecule has 28 heavy (non-hydrogen) atoms. The fourth-order valence-corrected chi connectivity index (χ4v) is 2.94. The molecule has 0 aliphatic carbocycles. The number of amides is 1. The first-order valence-electron chi connectivity index (χ1n) is 8.58. The normalized spacial score (nSPS) is 15.3. The van der Waals surface area contributed by atoms with E-state index in [4.69, 9.17) is 23.8 Å². The molecule has 2 aromatic carbocycles. The van der Waals surface area contributed by atoms with Gasteiger partial charge in [-0.25, -0.2) is 0 Å². The van der Waals surface area contributed by atoms with Crippen molar-refractivity contribution in [3.05, 3.63) is 42.0 Å². The Kier molecular flexibility index (Phi) is 5.88. The number of ether oxygens (including phenoxy) is 4. The third kappa shape index (κ3) is 3.80. The average molecular weight is 386 g/mol. The molecule has 1 amide bonds. The smallest absolute Gasteiger partial charge is 0.268 e. The predicted molar refractivity (Wildman–Crippen MR) is 104 cm³/mol. The van der Waals surface area contributed by atoms with Crippen LogP contribution in [0.1, 0.15) is 12.0 Å². The molecule has 0 radical (unpaired) electrons. The lowest BCUT2D eigenvalue weighted by Gasteiger charge is -2.15. The van der Waals surface area contributed by atoms with Crippen molar-refractivity contribution in [3.8, 4) is 23.0 Å².